The molecule has 2 unspecified atom stereocenters. The number of aliphatic hydroxyl groups is 1. The van der Waals surface area contributed by atoms with Gasteiger partial charge in [-0.25, -0.2) is 0 Å². The first kappa shape index (κ1) is 16.1. The normalized spacial score (nSPS) is 21.6. The van der Waals surface area contributed by atoms with Crippen LogP contribution in [0.25, 0.3) is 0 Å². The molecule has 4 heteroatoms. The van der Waals surface area contributed by atoms with Crippen molar-refractivity contribution in [3.8, 4) is 11.5 Å². The molecule has 0 bridgehead atoms. The van der Waals surface area contributed by atoms with Crippen molar-refractivity contribution in [1.29, 1.82) is 0 Å². The second-order valence-electron chi connectivity index (χ2n) is 5.72. The predicted octanol–water partition coefficient (Wildman–Crippen LogP) is 2.69. The fourth-order valence-electron chi connectivity index (χ4n) is 2.93. The summed E-state index contributed by atoms with van der Waals surface area (Å²) in [6, 6.07) is 5.76. The van der Waals surface area contributed by atoms with E-state index in [9.17, 15) is 5.11 Å². The maximum absolute atomic E-state index is 11.0. The van der Waals surface area contributed by atoms with Gasteiger partial charge in [0.05, 0.1) is 18.8 Å². The standard InChI is InChI=1S/C17H27NO3/c1-4-20-15-9-8-13(11-16(15)21-5-2)17(3,19)14-7-6-10-18-12-14/h8-9,11,14,18-19H,4-7,10,12H2,1-3H3. The van der Waals surface area contributed by atoms with Gasteiger partial charge in [-0.2, -0.15) is 0 Å². The average molecular weight is 293 g/mol. The maximum atomic E-state index is 11.0. The summed E-state index contributed by atoms with van der Waals surface area (Å²) >= 11 is 0. The molecule has 118 valence electrons. The molecule has 1 saturated heterocycles. The quantitative estimate of drug-likeness (QED) is 0.846. The molecule has 0 spiro atoms. The van der Waals surface area contributed by atoms with E-state index in [0.29, 0.717) is 19.0 Å². The lowest BCUT2D eigenvalue weighted by atomic mass is 9.79. The molecule has 4 nitrogen and oxygen atoms in total. The lowest BCUT2D eigenvalue weighted by Gasteiger charge is -2.36. The topological polar surface area (TPSA) is 50.7 Å². The van der Waals surface area contributed by atoms with Gasteiger partial charge in [0.1, 0.15) is 0 Å². The summed E-state index contributed by atoms with van der Waals surface area (Å²) in [6.07, 6.45) is 2.15. The van der Waals surface area contributed by atoms with Crippen LogP contribution < -0.4 is 14.8 Å². The molecule has 0 radical (unpaired) electrons. The maximum Gasteiger partial charge on any atom is 0.161 e. The molecule has 1 aliphatic rings. The number of benzene rings is 1. The van der Waals surface area contributed by atoms with Crippen LogP contribution in [0, 0.1) is 5.92 Å². The van der Waals surface area contributed by atoms with Crippen molar-refractivity contribution in [2.24, 2.45) is 5.92 Å². The van der Waals surface area contributed by atoms with E-state index in [2.05, 4.69) is 5.32 Å². The second kappa shape index (κ2) is 7.14. The smallest absolute Gasteiger partial charge is 0.161 e. The van der Waals surface area contributed by atoms with Gasteiger partial charge in [0, 0.05) is 12.5 Å². The van der Waals surface area contributed by atoms with E-state index < -0.39 is 5.60 Å². The van der Waals surface area contributed by atoms with Crippen molar-refractivity contribution >= 4 is 0 Å². The number of hydrogen-bond donors (Lipinski definition) is 2. The Hall–Kier alpha value is -1.26. The fourth-order valence-corrected chi connectivity index (χ4v) is 2.93. The van der Waals surface area contributed by atoms with Crippen LogP contribution >= 0.6 is 0 Å². The molecular formula is C17H27NO3. The minimum Gasteiger partial charge on any atom is -0.490 e. The van der Waals surface area contributed by atoms with Gasteiger partial charge in [-0.15, -0.1) is 0 Å². The van der Waals surface area contributed by atoms with Crippen molar-refractivity contribution in [2.75, 3.05) is 26.3 Å². The summed E-state index contributed by atoms with van der Waals surface area (Å²) in [7, 11) is 0. The summed E-state index contributed by atoms with van der Waals surface area (Å²) in [4.78, 5) is 0. The summed E-state index contributed by atoms with van der Waals surface area (Å²) < 4.78 is 11.2. The number of piperidine rings is 1. The van der Waals surface area contributed by atoms with Crippen molar-refractivity contribution in [2.45, 2.75) is 39.2 Å². The Morgan fingerprint density at radius 2 is 1.95 bits per heavy atom. The van der Waals surface area contributed by atoms with Gasteiger partial charge < -0.3 is 19.9 Å². The van der Waals surface area contributed by atoms with Crippen LogP contribution in [-0.4, -0.2) is 31.4 Å². The lowest BCUT2D eigenvalue weighted by molar-refractivity contribution is -0.0158. The molecular weight excluding hydrogens is 266 g/mol. The van der Waals surface area contributed by atoms with Crippen LogP contribution in [0.4, 0.5) is 0 Å². The Bertz CT molecular complexity index is 453. The summed E-state index contributed by atoms with van der Waals surface area (Å²) in [6.45, 7) is 8.87. The number of ether oxygens (including phenoxy) is 2. The van der Waals surface area contributed by atoms with Gasteiger partial charge >= 0.3 is 0 Å². The summed E-state index contributed by atoms with van der Waals surface area (Å²) in [5.74, 6) is 1.67. The summed E-state index contributed by atoms with van der Waals surface area (Å²) in [5, 5.41) is 14.4. The van der Waals surface area contributed by atoms with E-state index in [1.807, 2.05) is 39.0 Å². The Morgan fingerprint density at radius 3 is 2.57 bits per heavy atom. The largest absolute Gasteiger partial charge is 0.490 e. The van der Waals surface area contributed by atoms with E-state index in [0.717, 1.165) is 37.2 Å². The highest BCUT2D eigenvalue weighted by atomic mass is 16.5. The van der Waals surface area contributed by atoms with E-state index in [-0.39, 0.29) is 5.92 Å². The molecule has 0 aromatic heterocycles. The van der Waals surface area contributed by atoms with Gasteiger partial charge in [-0.3, -0.25) is 0 Å². The Balaban J connectivity index is 2.27. The Morgan fingerprint density at radius 1 is 1.24 bits per heavy atom. The highest BCUT2D eigenvalue weighted by Gasteiger charge is 2.35. The molecule has 1 aromatic rings. The van der Waals surface area contributed by atoms with Gasteiger partial charge in [0.25, 0.3) is 0 Å². The van der Waals surface area contributed by atoms with Crippen molar-refractivity contribution in [3.05, 3.63) is 23.8 Å². The Labute approximate surface area is 127 Å². The fraction of sp³-hybridized carbons (Fsp3) is 0.647. The van der Waals surface area contributed by atoms with Crippen molar-refractivity contribution < 1.29 is 14.6 Å². The molecule has 21 heavy (non-hydrogen) atoms. The van der Waals surface area contributed by atoms with E-state index in [1.54, 1.807) is 0 Å². The van der Waals surface area contributed by atoms with E-state index in [4.69, 9.17) is 9.47 Å². The molecule has 1 fully saturated rings. The lowest BCUT2D eigenvalue weighted by Crippen LogP contribution is -2.42. The first-order valence-electron chi connectivity index (χ1n) is 7.92. The van der Waals surface area contributed by atoms with E-state index in [1.165, 1.54) is 0 Å². The zero-order chi connectivity index (χ0) is 15.3. The molecule has 1 heterocycles. The Kier molecular flexibility index (Phi) is 5.48. The molecule has 2 atom stereocenters. The van der Waals surface area contributed by atoms with Crippen LogP contribution in [0.5, 0.6) is 11.5 Å². The van der Waals surface area contributed by atoms with Crippen LogP contribution in [-0.2, 0) is 5.60 Å². The van der Waals surface area contributed by atoms with Crippen LogP contribution in [0.15, 0.2) is 18.2 Å². The van der Waals surface area contributed by atoms with Gasteiger partial charge in [-0.1, -0.05) is 6.07 Å². The predicted molar refractivity (Wildman–Crippen MR) is 83.9 cm³/mol. The molecule has 1 aromatic carbocycles. The minimum absolute atomic E-state index is 0.221. The van der Waals surface area contributed by atoms with Gasteiger partial charge in [-0.05, 0) is 57.9 Å². The first-order valence-corrected chi connectivity index (χ1v) is 7.92. The molecule has 0 amide bonds. The van der Waals surface area contributed by atoms with Gasteiger partial charge in [0.2, 0.25) is 0 Å². The number of hydrogen-bond acceptors (Lipinski definition) is 4. The molecule has 1 aliphatic heterocycles. The zero-order valence-corrected chi connectivity index (χ0v) is 13.3. The van der Waals surface area contributed by atoms with Gasteiger partial charge in [0.15, 0.2) is 11.5 Å². The second-order valence-corrected chi connectivity index (χ2v) is 5.72. The SMILES string of the molecule is CCOc1ccc(C(C)(O)C2CCCNC2)cc1OCC. The zero-order valence-electron chi connectivity index (χ0n) is 13.3. The first-order chi connectivity index (χ1) is 10.1. The highest BCUT2D eigenvalue weighted by Crippen LogP contribution is 2.38. The third kappa shape index (κ3) is 3.69. The number of nitrogens with one attached hydrogen (secondary N) is 1. The molecule has 0 saturated carbocycles. The monoisotopic (exact) mass is 293 g/mol. The average Bonchev–Trinajstić information content (AvgIpc) is 2.50. The number of rotatable bonds is 6. The van der Waals surface area contributed by atoms with Crippen molar-refractivity contribution in [3.63, 3.8) is 0 Å². The van der Waals surface area contributed by atoms with Crippen LogP contribution in [0.3, 0.4) is 0 Å². The third-order valence-corrected chi connectivity index (χ3v) is 4.22. The third-order valence-electron chi connectivity index (χ3n) is 4.22. The molecule has 0 aliphatic carbocycles. The molecule has 2 N–H and O–H groups in total. The van der Waals surface area contributed by atoms with E-state index >= 15 is 0 Å². The summed E-state index contributed by atoms with van der Waals surface area (Å²) in [5.41, 5.74) is 0.0346. The molecule has 2 rings (SSSR count). The van der Waals surface area contributed by atoms with Crippen molar-refractivity contribution in [1.82, 2.24) is 5.32 Å². The highest BCUT2D eigenvalue weighted by molar-refractivity contribution is 5.44. The van der Waals surface area contributed by atoms with Crippen LogP contribution in [0.2, 0.25) is 0 Å². The minimum atomic E-state index is -0.857. The van der Waals surface area contributed by atoms with Crippen LogP contribution in [0.1, 0.15) is 39.2 Å².